The Balaban J connectivity index is 1.72. The Kier molecular flexibility index (Phi) is 3.75. The van der Waals surface area contributed by atoms with E-state index in [1.165, 1.54) is 12.7 Å². The van der Waals surface area contributed by atoms with Crippen LogP contribution in [0.1, 0.15) is 16.1 Å². The smallest absolute Gasteiger partial charge is 0.274 e. The summed E-state index contributed by atoms with van der Waals surface area (Å²) >= 11 is 5.81. The van der Waals surface area contributed by atoms with E-state index < -0.39 is 0 Å². The predicted molar refractivity (Wildman–Crippen MR) is 76.8 cm³/mol. The summed E-state index contributed by atoms with van der Waals surface area (Å²) in [6, 6.07) is 10.7. The number of nitrogens with zero attached hydrogens (tertiary/aromatic N) is 1. The van der Waals surface area contributed by atoms with Gasteiger partial charge in [-0.1, -0.05) is 23.7 Å². The molecule has 1 amide bonds. The molecule has 0 atom stereocenters. The molecule has 2 aromatic heterocycles. The van der Waals surface area contributed by atoms with Gasteiger partial charge in [-0.3, -0.25) is 4.79 Å². The van der Waals surface area contributed by atoms with E-state index in [-0.39, 0.29) is 11.6 Å². The quantitative estimate of drug-likeness (QED) is 0.800. The molecule has 2 heterocycles. The van der Waals surface area contributed by atoms with Gasteiger partial charge in [0, 0.05) is 11.6 Å². The van der Waals surface area contributed by atoms with Gasteiger partial charge in [-0.2, -0.15) is 0 Å². The fraction of sp³-hybridized carbons (Fsp3) is 0.0667. The molecule has 0 spiro atoms. The Morgan fingerprint density at radius 3 is 2.71 bits per heavy atom. The summed E-state index contributed by atoms with van der Waals surface area (Å²) in [4.78, 5) is 16.1. The maximum Gasteiger partial charge on any atom is 0.274 e. The van der Waals surface area contributed by atoms with Crippen LogP contribution >= 0.6 is 11.6 Å². The number of hydrogen-bond acceptors (Lipinski definition) is 4. The molecule has 0 fully saturated rings. The lowest BCUT2D eigenvalue weighted by Gasteiger charge is -2.04. The number of furan rings is 1. The maximum atomic E-state index is 12.2. The second-order valence-corrected chi connectivity index (χ2v) is 4.75. The first-order chi connectivity index (χ1) is 10.2. The van der Waals surface area contributed by atoms with E-state index in [1.807, 2.05) is 12.1 Å². The van der Waals surface area contributed by atoms with Crippen molar-refractivity contribution < 1.29 is 13.6 Å². The number of aromatic nitrogens is 1. The minimum absolute atomic E-state index is 0.193. The molecule has 106 valence electrons. The van der Waals surface area contributed by atoms with E-state index in [1.54, 1.807) is 24.3 Å². The van der Waals surface area contributed by atoms with Crippen LogP contribution in [0.15, 0.2) is 57.9 Å². The molecule has 1 N–H and O–H groups in total. The third-order valence-electron chi connectivity index (χ3n) is 2.89. The molecule has 0 aliphatic heterocycles. The predicted octanol–water partition coefficient (Wildman–Crippen LogP) is 3.52. The fourth-order valence-electron chi connectivity index (χ4n) is 1.86. The number of halogens is 1. The van der Waals surface area contributed by atoms with Crippen LogP contribution in [0.25, 0.3) is 11.5 Å². The van der Waals surface area contributed by atoms with Crippen LogP contribution in [0.4, 0.5) is 0 Å². The molecule has 5 nitrogen and oxygen atoms in total. The summed E-state index contributed by atoms with van der Waals surface area (Å²) in [5, 5.41) is 3.43. The number of nitrogens with one attached hydrogen (secondary N) is 1. The van der Waals surface area contributed by atoms with E-state index in [9.17, 15) is 4.79 Å². The standard InChI is InChI=1S/C15H11ClN2O3/c16-11-5-3-10(4-6-11)8-17-15(19)13-14(21-9-18-13)12-2-1-7-20-12/h1-7,9H,8H2,(H,17,19). The molecule has 21 heavy (non-hydrogen) atoms. The zero-order valence-corrected chi connectivity index (χ0v) is 11.6. The van der Waals surface area contributed by atoms with Crippen molar-refractivity contribution in [3.05, 3.63) is 65.3 Å². The van der Waals surface area contributed by atoms with E-state index in [4.69, 9.17) is 20.4 Å². The third-order valence-corrected chi connectivity index (χ3v) is 3.15. The number of amides is 1. The van der Waals surface area contributed by atoms with Crippen molar-refractivity contribution >= 4 is 17.5 Å². The molecule has 3 aromatic rings. The molecular weight excluding hydrogens is 292 g/mol. The lowest BCUT2D eigenvalue weighted by atomic mass is 10.2. The highest BCUT2D eigenvalue weighted by atomic mass is 35.5. The number of benzene rings is 1. The molecule has 6 heteroatoms. The van der Waals surface area contributed by atoms with Gasteiger partial charge in [0.15, 0.2) is 17.8 Å². The molecule has 0 aliphatic rings. The number of oxazole rings is 1. The second kappa shape index (κ2) is 5.85. The van der Waals surface area contributed by atoms with Crippen LogP contribution in [-0.2, 0) is 6.54 Å². The van der Waals surface area contributed by atoms with Gasteiger partial charge in [-0.05, 0) is 29.8 Å². The van der Waals surface area contributed by atoms with Crippen molar-refractivity contribution in [3.8, 4) is 11.5 Å². The van der Waals surface area contributed by atoms with Gasteiger partial charge in [0.25, 0.3) is 5.91 Å². The van der Waals surface area contributed by atoms with Crippen LogP contribution in [0.3, 0.4) is 0 Å². The third kappa shape index (κ3) is 2.98. The highest BCUT2D eigenvalue weighted by molar-refractivity contribution is 6.30. The van der Waals surface area contributed by atoms with Crippen molar-refractivity contribution in [1.82, 2.24) is 10.3 Å². The van der Waals surface area contributed by atoms with Crippen LogP contribution < -0.4 is 5.32 Å². The average Bonchev–Trinajstić information content (AvgIpc) is 3.16. The number of hydrogen-bond donors (Lipinski definition) is 1. The topological polar surface area (TPSA) is 68.3 Å². The number of carbonyl (C=O) groups excluding carboxylic acids is 1. The van der Waals surface area contributed by atoms with E-state index >= 15 is 0 Å². The zero-order valence-electron chi connectivity index (χ0n) is 10.9. The van der Waals surface area contributed by atoms with Crippen LogP contribution in [0, 0.1) is 0 Å². The van der Waals surface area contributed by atoms with Gasteiger partial charge in [-0.15, -0.1) is 0 Å². The Hall–Kier alpha value is -2.53. The van der Waals surface area contributed by atoms with Crippen LogP contribution in [-0.4, -0.2) is 10.9 Å². The van der Waals surface area contributed by atoms with Crippen LogP contribution in [0.5, 0.6) is 0 Å². The molecule has 0 unspecified atom stereocenters. The van der Waals surface area contributed by atoms with Gasteiger partial charge in [-0.25, -0.2) is 4.98 Å². The largest absolute Gasteiger partial charge is 0.461 e. The van der Waals surface area contributed by atoms with E-state index in [2.05, 4.69) is 10.3 Å². The Morgan fingerprint density at radius 2 is 2.00 bits per heavy atom. The highest BCUT2D eigenvalue weighted by Gasteiger charge is 2.19. The molecule has 0 bridgehead atoms. The highest BCUT2D eigenvalue weighted by Crippen LogP contribution is 2.23. The maximum absolute atomic E-state index is 12.2. The SMILES string of the molecule is O=C(NCc1ccc(Cl)cc1)c1ncoc1-c1ccco1. The van der Waals surface area contributed by atoms with Crippen molar-refractivity contribution in [2.75, 3.05) is 0 Å². The van der Waals surface area contributed by atoms with Gasteiger partial charge >= 0.3 is 0 Å². The van der Waals surface area contributed by atoms with E-state index in [0.717, 1.165) is 5.56 Å². The van der Waals surface area contributed by atoms with Gasteiger partial charge < -0.3 is 14.2 Å². The summed E-state index contributed by atoms with van der Waals surface area (Å²) < 4.78 is 10.4. The van der Waals surface area contributed by atoms with Gasteiger partial charge in [0.1, 0.15) is 0 Å². The number of carbonyl (C=O) groups is 1. The number of rotatable bonds is 4. The first-order valence-corrected chi connectivity index (χ1v) is 6.62. The van der Waals surface area contributed by atoms with Crippen molar-refractivity contribution in [1.29, 1.82) is 0 Å². The molecule has 0 aliphatic carbocycles. The van der Waals surface area contributed by atoms with E-state index in [0.29, 0.717) is 23.1 Å². The first-order valence-electron chi connectivity index (χ1n) is 6.24. The molecule has 1 aromatic carbocycles. The molecule has 0 saturated heterocycles. The Labute approximate surface area is 125 Å². The summed E-state index contributed by atoms with van der Waals surface area (Å²) in [5.41, 5.74) is 1.13. The van der Waals surface area contributed by atoms with Gasteiger partial charge in [0.05, 0.1) is 6.26 Å². The molecule has 3 rings (SSSR count). The Bertz CT molecular complexity index is 733. The Morgan fingerprint density at radius 1 is 1.19 bits per heavy atom. The average molecular weight is 303 g/mol. The first kappa shape index (κ1) is 13.5. The fourth-order valence-corrected chi connectivity index (χ4v) is 1.98. The lowest BCUT2D eigenvalue weighted by molar-refractivity contribution is 0.0946. The van der Waals surface area contributed by atoms with Crippen molar-refractivity contribution in [2.24, 2.45) is 0 Å². The zero-order chi connectivity index (χ0) is 14.7. The lowest BCUT2D eigenvalue weighted by Crippen LogP contribution is -2.23. The second-order valence-electron chi connectivity index (χ2n) is 4.32. The summed E-state index contributed by atoms with van der Waals surface area (Å²) in [7, 11) is 0. The summed E-state index contributed by atoms with van der Waals surface area (Å²) in [6.45, 7) is 0.375. The molecule has 0 saturated carbocycles. The summed E-state index contributed by atoms with van der Waals surface area (Å²) in [5.74, 6) is 0.447. The molecule has 0 radical (unpaired) electrons. The normalized spacial score (nSPS) is 10.5. The van der Waals surface area contributed by atoms with Crippen molar-refractivity contribution in [2.45, 2.75) is 6.54 Å². The van der Waals surface area contributed by atoms with Gasteiger partial charge in [0.2, 0.25) is 5.76 Å². The minimum Gasteiger partial charge on any atom is -0.461 e. The van der Waals surface area contributed by atoms with Crippen molar-refractivity contribution in [3.63, 3.8) is 0 Å². The van der Waals surface area contributed by atoms with Crippen LogP contribution in [0.2, 0.25) is 5.02 Å². The summed E-state index contributed by atoms with van der Waals surface area (Å²) in [6.07, 6.45) is 2.72. The minimum atomic E-state index is -0.329. The monoisotopic (exact) mass is 302 g/mol. The molecular formula is C15H11ClN2O3.